The van der Waals surface area contributed by atoms with Crippen LogP contribution in [0.1, 0.15) is 0 Å². The van der Waals surface area contributed by atoms with Gasteiger partial charge in [-0.25, -0.2) is 5.26 Å². The molecule has 1 aromatic heterocycles. The molecule has 0 aromatic carbocycles. The number of aromatic nitrogens is 1. The van der Waals surface area contributed by atoms with Crippen molar-refractivity contribution in [1.82, 2.24) is 0 Å². The Labute approximate surface area is 54.6 Å². The summed E-state index contributed by atoms with van der Waals surface area (Å²) in [7, 11) is 1.43. The zero-order valence-electron chi connectivity index (χ0n) is 4.86. The average Bonchev–Trinajstić information content (AvgIpc) is 1.91. The molecule has 1 aromatic rings. The van der Waals surface area contributed by atoms with Crippen LogP contribution in [0.3, 0.4) is 0 Å². The number of nitrogens with zero attached hydrogens (tertiary/aromatic N) is 2. The minimum atomic E-state index is 1.43. The summed E-state index contributed by atoms with van der Waals surface area (Å²) in [6.07, 6.45) is 3.62. The maximum atomic E-state index is 8.19. The highest BCUT2D eigenvalue weighted by Crippen LogP contribution is 1.72. The van der Waals surface area contributed by atoms with E-state index in [1.165, 1.54) is 7.41 Å². The third-order valence-corrected chi connectivity index (χ3v) is 0.945. The molecule has 3 heteroatoms. The summed E-state index contributed by atoms with van der Waals surface area (Å²) in [6, 6.07) is 5.64. The number of hydrogen-bond acceptors (Lipinski definition) is 1. The molecule has 42 valence electrons. The van der Waals surface area contributed by atoms with E-state index < -0.39 is 0 Å². The van der Waals surface area contributed by atoms with Gasteiger partial charge in [0.05, 0.1) is 0 Å². The van der Waals surface area contributed by atoms with E-state index in [2.05, 4.69) is 0 Å². The van der Waals surface area contributed by atoms with Gasteiger partial charge in [0, 0.05) is 0 Å². The van der Waals surface area contributed by atoms with Crippen molar-refractivity contribution in [3.63, 3.8) is 0 Å². The lowest BCUT2D eigenvalue weighted by Crippen LogP contribution is -2.37. The zero-order chi connectivity index (χ0) is 6.53. The lowest BCUT2D eigenvalue weighted by molar-refractivity contribution is -0.527. The monoisotopic (exact) mass is 116 g/mol. The smallest absolute Gasteiger partial charge is 0.213 e. The second kappa shape index (κ2) is 2.88. The highest BCUT2D eigenvalue weighted by Gasteiger charge is 1.80. The third-order valence-electron chi connectivity index (χ3n) is 0.945. The summed E-state index contributed by atoms with van der Waals surface area (Å²) in [5, 5.41) is 8.19. The minimum absolute atomic E-state index is 1.43. The molecule has 0 amide bonds. The molecule has 0 aliphatic heterocycles. The Morgan fingerprint density at radius 1 is 1.22 bits per heavy atom. The van der Waals surface area contributed by atoms with Gasteiger partial charge in [-0.15, -0.1) is 5.97 Å². The molecule has 2 radical (unpaired) electrons. The van der Waals surface area contributed by atoms with Crippen molar-refractivity contribution in [1.29, 1.82) is 5.26 Å². The first-order valence-corrected chi connectivity index (χ1v) is 2.62. The number of pyridine rings is 1. The summed E-state index contributed by atoms with van der Waals surface area (Å²) in [4.78, 5) is 0. The van der Waals surface area contributed by atoms with Crippen LogP contribution in [-0.4, -0.2) is 7.41 Å². The second-order valence-electron chi connectivity index (χ2n) is 1.58. The number of rotatable bonds is 1. The van der Waals surface area contributed by atoms with Gasteiger partial charge in [-0.2, -0.15) is 0 Å². The molecule has 1 heterocycles. The van der Waals surface area contributed by atoms with E-state index in [4.69, 9.17) is 5.26 Å². The first-order valence-electron chi connectivity index (χ1n) is 2.62. The second-order valence-corrected chi connectivity index (χ2v) is 1.58. The Morgan fingerprint density at radius 2 is 1.89 bits per heavy atom. The molecular formula is C6H5BN2. The summed E-state index contributed by atoms with van der Waals surface area (Å²) < 4.78 is 1.69. The summed E-state index contributed by atoms with van der Waals surface area (Å²) in [6.45, 7) is 0. The molecule has 0 saturated carbocycles. The summed E-state index contributed by atoms with van der Waals surface area (Å²) in [5.41, 5.74) is 0. The molecule has 1 rings (SSSR count). The number of hydrogen-bond donors (Lipinski definition) is 0. The molecule has 0 aliphatic rings. The van der Waals surface area contributed by atoms with Crippen molar-refractivity contribution in [3.05, 3.63) is 30.6 Å². The first-order chi connectivity index (χ1) is 4.43. The fraction of sp³-hybridized carbons (Fsp3) is 0. The van der Waals surface area contributed by atoms with Gasteiger partial charge in [-0.05, 0) is 12.1 Å². The average molecular weight is 116 g/mol. The van der Waals surface area contributed by atoms with Crippen LogP contribution in [-0.2, 0) is 0 Å². The minimum Gasteiger partial charge on any atom is -0.461 e. The Morgan fingerprint density at radius 3 is 2.44 bits per heavy atom. The maximum absolute atomic E-state index is 8.19. The molecule has 0 unspecified atom stereocenters. The van der Waals surface area contributed by atoms with Crippen LogP contribution in [0.5, 0.6) is 0 Å². The van der Waals surface area contributed by atoms with Crippen LogP contribution in [0.25, 0.3) is 0 Å². The van der Waals surface area contributed by atoms with Gasteiger partial charge in [0.25, 0.3) is 0 Å². The quantitative estimate of drug-likeness (QED) is 0.471. The van der Waals surface area contributed by atoms with Crippen molar-refractivity contribution >= 4 is 7.41 Å². The van der Waals surface area contributed by atoms with Gasteiger partial charge in [-0.1, -0.05) is 6.07 Å². The predicted molar refractivity (Wildman–Crippen MR) is 33.4 cm³/mol. The van der Waals surface area contributed by atoms with E-state index in [1.54, 1.807) is 4.48 Å². The molecule has 0 atom stereocenters. The van der Waals surface area contributed by atoms with Crippen LogP contribution in [0.4, 0.5) is 0 Å². The molecule has 0 spiro atoms. The van der Waals surface area contributed by atoms with Crippen molar-refractivity contribution in [2.45, 2.75) is 0 Å². The van der Waals surface area contributed by atoms with Crippen molar-refractivity contribution in [3.8, 4) is 5.97 Å². The van der Waals surface area contributed by atoms with Gasteiger partial charge < -0.3 is 4.48 Å². The van der Waals surface area contributed by atoms with Gasteiger partial charge in [0.2, 0.25) is 7.41 Å². The first kappa shape index (κ1) is 5.83. The predicted octanol–water partition coefficient (Wildman–Crippen LogP) is -0.0775. The van der Waals surface area contributed by atoms with Crippen molar-refractivity contribution in [2.24, 2.45) is 0 Å². The van der Waals surface area contributed by atoms with Gasteiger partial charge >= 0.3 is 0 Å². The molecular weight excluding hydrogens is 111 g/mol. The summed E-state index contributed by atoms with van der Waals surface area (Å²) >= 11 is 0. The van der Waals surface area contributed by atoms with E-state index >= 15 is 0 Å². The Kier molecular flexibility index (Phi) is 1.87. The van der Waals surface area contributed by atoms with Crippen LogP contribution in [0.15, 0.2) is 30.6 Å². The summed E-state index contributed by atoms with van der Waals surface area (Å²) in [5.74, 6) is 1.92. The van der Waals surface area contributed by atoms with E-state index in [0.717, 1.165) is 0 Å². The highest BCUT2D eigenvalue weighted by molar-refractivity contribution is 6.34. The molecule has 0 saturated heterocycles. The largest absolute Gasteiger partial charge is 0.461 e. The third kappa shape index (κ3) is 1.58. The Balaban J connectivity index is 2.76. The van der Waals surface area contributed by atoms with E-state index in [0.29, 0.717) is 0 Å². The Bertz CT molecular complexity index is 214. The van der Waals surface area contributed by atoms with Crippen LogP contribution < -0.4 is 4.48 Å². The normalized spacial score (nSPS) is 8.33. The standard InChI is InChI=1S/C6H5BN2/c8-6-7-9-4-2-1-3-5-9/h1-5H. The van der Waals surface area contributed by atoms with Crippen LogP contribution in [0.2, 0.25) is 0 Å². The molecule has 9 heavy (non-hydrogen) atoms. The topological polar surface area (TPSA) is 27.7 Å². The molecule has 0 bridgehead atoms. The fourth-order valence-electron chi connectivity index (χ4n) is 0.565. The molecule has 2 nitrogen and oxygen atoms in total. The lowest BCUT2D eigenvalue weighted by atomic mass is 9.98. The van der Waals surface area contributed by atoms with Crippen LogP contribution in [0, 0.1) is 11.2 Å². The van der Waals surface area contributed by atoms with E-state index in [-0.39, 0.29) is 0 Å². The van der Waals surface area contributed by atoms with Crippen LogP contribution >= 0.6 is 0 Å². The van der Waals surface area contributed by atoms with E-state index in [9.17, 15) is 0 Å². The van der Waals surface area contributed by atoms with Gasteiger partial charge in [0.1, 0.15) is 12.4 Å². The SMILES string of the molecule is N#C[B-][n+]1ccccc1. The van der Waals surface area contributed by atoms with Crippen molar-refractivity contribution in [2.75, 3.05) is 0 Å². The lowest BCUT2D eigenvalue weighted by Gasteiger charge is -1.96. The van der Waals surface area contributed by atoms with E-state index in [1.807, 2.05) is 36.6 Å². The zero-order valence-corrected chi connectivity index (χ0v) is 4.86. The molecule has 0 aliphatic carbocycles. The molecule has 0 N–H and O–H groups in total. The van der Waals surface area contributed by atoms with Gasteiger partial charge in [-0.3, -0.25) is 0 Å². The number of nitriles is 1. The fourth-order valence-corrected chi connectivity index (χ4v) is 0.565. The van der Waals surface area contributed by atoms with Gasteiger partial charge in [0.15, 0.2) is 0 Å². The highest BCUT2D eigenvalue weighted by atomic mass is 14.8. The van der Waals surface area contributed by atoms with Crippen molar-refractivity contribution < 1.29 is 4.48 Å². The molecule has 0 fully saturated rings. The Hall–Kier alpha value is -1.30. The maximum Gasteiger partial charge on any atom is 0.213 e.